The van der Waals surface area contributed by atoms with Crippen LogP contribution in [-0.4, -0.2) is 11.3 Å². The van der Waals surface area contributed by atoms with Gasteiger partial charge in [0.1, 0.15) is 0 Å². The fourth-order valence-corrected chi connectivity index (χ4v) is 6.94. The summed E-state index contributed by atoms with van der Waals surface area (Å²) >= 11 is 4.87. The summed E-state index contributed by atoms with van der Waals surface area (Å²) in [5.74, 6) is 1.10. The fourth-order valence-electron chi connectivity index (χ4n) is 1.36. The van der Waals surface area contributed by atoms with E-state index in [9.17, 15) is 0 Å². The molecule has 0 saturated carbocycles. The zero-order chi connectivity index (χ0) is 11.8. The summed E-state index contributed by atoms with van der Waals surface area (Å²) in [5, 5.41) is 0. The Kier molecular flexibility index (Phi) is 3.34. The minimum atomic E-state index is -1.18. The first kappa shape index (κ1) is 12.4. The Morgan fingerprint density at radius 2 is 2.00 bits per heavy atom. The van der Waals surface area contributed by atoms with Crippen LogP contribution in [0.15, 0.2) is 34.2 Å². The predicted molar refractivity (Wildman–Crippen MR) is 81.4 cm³/mol. The van der Waals surface area contributed by atoms with Gasteiger partial charge in [0.25, 0.3) is 0 Å². The number of thiol groups is 1. The summed E-state index contributed by atoms with van der Waals surface area (Å²) in [5.41, 5.74) is 3.46. The molecule has 0 aliphatic carbocycles. The van der Waals surface area contributed by atoms with Crippen molar-refractivity contribution in [3.63, 3.8) is 0 Å². The molecule has 88 valence electrons. The Morgan fingerprint density at radius 1 is 1.31 bits per heavy atom. The summed E-state index contributed by atoms with van der Waals surface area (Å²) in [6, 6.07) is 8.32. The third-order valence-corrected chi connectivity index (χ3v) is 8.95. The Bertz CT molecular complexity index is 423. The number of rotatable bonds is 2. The molecule has 4 heteroatoms. The second kappa shape index (κ2) is 4.31. The topological polar surface area (TPSA) is 12.4 Å². The molecule has 1 aliphatic rings. The largest absolute Gasteiger partial charge is 0.248 e. The van der Waals surface area contributed by atoms with E-state index in [1.165, 1.54) is 4.90 Å². The fraction of sp³-hybridized carbons (Fsp3) is 0.417. The van der Waals surface area contributed by atoms with E-state index in [1.54, 1.807) is 0 Å². The van der Waals surface area contributed by atoms with Crippen molar-refractivity contribution in [3.05, 3.63) is 24.3 Å². The smallest absolute Gasteiger partial charge is 0.0775 e. The van der Waals surface area contributed by atoms with Crippen LogP contribution in [0.25, 0.3) is 0 Å². The highest BCUT2D eigenvalue weighted by molar-refractivity contribution is 9.26. The molecule has 1 aliphatic heterocycles. The molecular formula is C12H17NS3. The van der Waals surface area contributed by atoms with Gasteiger partial charge in [0.2, 0.25) is 0 Å². The summed E-state index contributed by atoms with van der Waals surface area (Å²) in [7, 11) is 0.757. The number of aliphatic imine (C=N–C) groups is 1. The molecule has 0 saturated heterocycles. The quantitative estimate of drug-likeness (QED) is 0.585. The first-order valence-electron chi connectivity index (χ1n) is 5.24. The molecule has 1 nitrogen and oxygen atoms in total. The molecule has 1 atom stereocenters. The molecule has 0 N–H and O–H groups in total. The molecule has 1 aromatic rings. The third kappa shape index (κ3) is 2.60. The zero-order valence-electron chi connectivity index (χ0n) is 9.80. The van der Waals surface area contributed by atoms with Crippen molar-refractivity contribution in [1.29, 1.82) is 0 Å². The van der Waals surface area contributed by atoms with Gasteiger partial charge in [0, 0.05) is 10.6 Å². The van der Waals surface area contributed by atoms with Crippen LogP contribution in [0.5, 0.6) is 0 Å². The van der Waals surface area contributed by atoms with Gasteiger partial charge in [-0.05, 0) is 17.5 Å². The molecule has 0 amide bonds. The maximum atomic E-state index is 4.87. The van der Waals surface area contributed by atoms with Crippen molar-refractivity contribution in [2.24, 2.45) is 10.4 Å². The second-order valence-corrected chi connectivity index (χ2v) is 12.2. The Hall–Kier alpha value is -0.0600. The van der Waals surface area contributed by atoms with Crippen LogP contribution in [0.1, 0.15) is 20.8 Å². The summed E-state index contributed by atoms with van der Waals surface area (Å²) in [4.78, 5) is 5.77. The number of benzene rings is 1. The van der Waals surface area contributed by atoms with Crippen LogP contribution in [0.3, 0.4) is 0 Å². The van der Waals surface area contributed by atoms with Gasteiger partial charge in [-0.3, -0.25) is 0 Å². The SMILES string of the molecule is CC(C)(C)CSS1(S)C=Nc2ccccc21. The Labute approximate surface area is 108 Å². The van der Waals surface area contributed by atoms with Gasteiger partial charge in [-0.25, -0.2) is 4.99 Å². The van der Waals surface area contributed by atoms with Gasteiger partial charge in [0.15, 0.2) is 0 Å². The first-order chi connectivity index (χ1) is 7.41. The minimum Gasteiger partial charge on any atom is -0.248 e. The first-order valence-corrected chi connectivity index (χ1v) is 9.49. The average Bonchev–Trinajstić information content (AvgIpc) is 2.55. The van der Waals surface area contributed by atoms with Crippen molar-refractivity contribution >= 4 is 41.8 Å². The lowest BCUT2D eigenvalue weighted by molar-refractivity contribution is 0.482. The van der Waals surface area contributed by atoms with Crippen molar-refractivity contribution < 1.29 is 0 Å². The summed E-state index contributed by atoms with van der Waals surface area (Å²) in [6.07, 6.45) is 0. The predicted octanol–water partition coefficient (Wildman–Crippen LogP) is 5.06. The highest BCUT2D eigenvalue weighted by atomic mass is 33.5. The van der Waals surface area contributed by atoms with Crippen LogP contribution in [-0.2, 0) is 0 Å². The molecule has 0 spiro atoms. The van der Waals surface area contributed by atoms with E-state index in [-0.39, 0.29) is 0 Å². The summed E-state index contributed by atoms with van der Waals surface area (Å²) < 4.78 is 0. The lowest BCUT2D eigenvalue weighted by atomic mass is 10.0. The highest BCUT2D eigenvalue weighted by Crippen LogP contribution is 2.73. The van der Waals surface area contributed by atoms with Crippen molar-refractivity contribution in [2.45, 2.75) is 25.7 Å². The number of nitrogens with zero attached hydrogens (tertiary/aromatic N) is 1. The number of hydrogen-bond donors (Lipinski definition) is 1. The van der Waals surface area contributed by atoms with Crippen LogP contribution >= 0.6 is 30.5 Å². The van der Waals surface area contributed by atoms with Gasteiger partial charge in [-0.1, -0.05) is 51.8 Å². The van der Waals surface area contributed by atoms with E-state index in [4.69, 9.17) is 11.7 Å². The van der Waals surface area contributed by atoms with Gasteiger partial charge < -0.3 is 0 Å². The molecule has 16 heavy (non-hydrogen) atoms. The van der Waals surface area contributed by atoms with Crippen LogP contribution in [0.4, 0.5) is 5.69 Å². The van der Waals surface area contributed by atoms with E-state index >= 15 is 0 Å². The minimum absolute atomic E-state index is 0.332. The number of hydrogen-bond acceptors (Lipinski definition) is 3. The van der Waals surface area contributed by atoms with Gasteiger partial charge in [-0.2, -0.15) is 0 Å². The van der Waals surface area contributed by atoms with E-state index in [2.05, 4.69) is 44.0 Å². The normalized spacial score (nSPS) is 27.5. The van der Waals surface area contributed by atoms with Gasteiger partial charge >= 0.3 is 0 Å². The number of fused-ring (bicyclic) bond motifs is 1. The monoisotopic (exact) mass is 271 g/mol. The van der Waals surface area contributed by atoms with E-state index < -0.39 is 8.09 Å². The molecule has 2 rings (SSSR count). The lowest BCUT2D eigenvalue weighted by Gasteiger charge is -2.29. The maximum Gasteiger partial charge on any atom is 0.0775 e. The van der Waals surface area contributed by atoms with Crippen molar-refractivity contribution in [3.8, 4) is 0 Å². The van der Waals surface area contributed by atoms with Crippen LogP contribution in [0.2, 0.25) is 0 Å². The molecule has 1 heterocycles. The summed E-state index contributed by atoms with van der Waals surface area (Å²) in [6.45, 7) is 6.78. The Balaban J connectivity index is 2.19. The molecular weight excluding hydrogens is 254 g/mol. The van der Waals surface area contributed by atoms with E-state index in [0.29, 0.717) is 5.41 Å². The van der Waals surface area contributed by atoms with Crippen molar-refractivity contribution in [2.75, 3.05) is 5.75 Å². The Morgan fingerprint density at radius 3 is 2.69 bits per heavy atom. The van der Waals surface area contributed by atoms with Crippen LogP contribution in [0, 0.1) is 5.41 Å². The zero-order valence-corrected chi connectivity index (χ0v) is 12.3. The molecule has 0 fully saturated rings. The number of para-hydroxylation sites is 1. The molecule has 0 radical (unpaired) electrons. The standard InChI is InChI=1S/C12H17NS3/c1-12(2,3)8-15-16(14)9-13-10-6-4-5-7-11(10)16/h4-7,9,14H,8H2,1-3H3. The second-order valence-electron chi connectivity index (χ2n) is 5.09. The lowest BCUT2D eigenvalue weighted by Crippen LogP contribution is -2.08. The maximum absolute atomic E-state index is 4.87. The van der Waals surface area contributed by atoms with Crippen LogP contribution < -0.4 is 0 Å². The van der Waals surface area contributed by atoms with Gasteiger partial charge in [0.05, 0.1) is 11.2 Å². The molecule has 0 bridgehead atoms. The average molecular weight is 271 g/mol. The molecule has 1 unspecified atom stereocenters. The highest BCUT2D eigenvalue weighted by Gasteiger charge is 2.29. The molecule has 0 aromatic heterocycles. The van der Waals surface area contributed by atoms with E-state index in [0.717, 1.165) is 11.4 Å². The third-order valence-electron chi connectivity index (χ3n) is 2.19. The van der Waals surface area contributed by atoms with Gasteiger partial charge in [-0.15, -0.1) is 11.7 Å². The molecule has 1 aromatic carbocycles. The van der Waals surface area contributed by atoms with Crippen molar-refractivity contribution in [1.82, 2.24) is 0 Å². The van der Waals surface area contributed by atoms with E-state index in [1.807, 2.05) is 22.4 Å².